The number of ether oxygens (including phenoxy) is 3. The summed E-state index contributed by atoms with van der Waals surface area (Å²) in [5.74, 6) is 1.36. The van der Waals surface area contributed by atoms with Crippen molar-refractivity contribution in [2.45, 2.75) is 31.8 Å². The molecule has 1 N–H and O–H groups in total. The highest BCUT2D eigenvalue weighted by molar-refractivity contribution is 6.04. The van der Waals surface area contributed by atoms with Crippen LogP contribution in [-0.2, 0) is 14.3 Å². The highest BCUT2D eigenvalue weighted by Gasteiger charge is 2.39. The third-order valence-electron chi connectivity index (χ3n) is 6.03. The molecule has 1 fully saturated rings. The molecule has 0 spiro atoms. The van der Waals surface area contributed by atoms with Gasteiger partial charge in [-0.3, -0.25) is 4.79 Å². The van der Waals surface area contributed by atoms with E-state index in [9.17, 15) is 9.59 Å². The fourth-order valence-corrected chi connectivity index (χ4v) is 4.32. The van der Waals surface area contributed by atoms with E-state index in [1.807, 2.05) is 19.1 Å². The zero-order valence-electron chi connectivity index (χ0n) is 18.8. The highest BCUT2D eigenvalue weighted by atomic mass is 16.5. The molecule has 0 aliphatic carbocycles. The molecule has 1 aromatic heterocycles. The first-order valence-electron chi connectivity index (χ1n) is 10.6. The van der Waals surface area contributed by atoms with Gasteiger partial charge in [0, 0.05) is 32.0 Å². The number of aromatic nitrogens is 1. The summed E-state index contributed by atoms with van der Waals surface area (Å²) >= 11 is 0. The van der Waals surface area contributed by atoms with E-state index < -0.39 is 5.97 Å². The van der Waals surface area contributed by atoms with Crippen LogP contribution in [0.2, 0.25) is 0 Å². The molecule has 0 saturated carbocycles. The molecular weight excluding hydrogens is 412 g/mol. The number of anilines is 4. The van der Waals surface area contributed by atoms with Gasteiger partial charge in [0.15, 0.2) is 5.82 Å². The molecule has 9 nitrogen and oxygen atoms in total. The molecule has 32 heavy (non-hydrogen) atoms. The van der Waals surface area contributed by atoms with E-state index >= 15 is 0 Å². The summed E-state index contributed by atoms with van der Waals surface area (Å²) in [4.78, 5) is 33.6. The molecule has 1 atom stereocenters. The van der Waals surface area contributed by atoms with E-state index in [0.29, 0.717) is 36.0 Å². The van der Waals surface area contributed by atoms with Crippen LogP contribution in [-0.4, -0.2) is 63.4 Å². The van der Waals surface area contributed by atoms with Crippen molar-refractivity contribution in [3.05, 3.63) is 35.9 Å². The first-order chi connectivity index (χ1) is 15.4. The number of methoxy groups -OCH3 is 2. The van der Waals surface area contributed by atoms with Crippen LogP contribution in [0.1, 0.15) is 30.1 Å². The van der Waals surface area contributed by atoms with Gasteiger partial charge in [-0.05, 0) is 50.1 Å². The molecule has 0 bridgehead atoms. The van der Waals surface area contributed by atoms with Crippen LogP contribution in [0, 0.1) is 0 Å². The first-order valence-corrected chi connectivity index (χ1v) is 10.6. The Morgan fingerprint density at radius 2 is 1.94 bits per heavy atom. The van der Waals surface area contributed by atoms with E-state index in [-0.39, 0.29) is 18.0 Å². The summed E-state index contributed by atoms with van der Waals surface area (Å²) in [5, 5.41) is 3.26. The Bertz CT molecular complexity index is 1020. The SMILES string of the molecule is COC(=O)c1cc(Nc2ccc3c(n2)N(C2CCOCC2)[C@H](C)C(=O)N3C)ccc1OC. The predicted octanol–water partition coefficient (Wildman–Crippen LogP) is 2.97. The summed E-state index contributed by atoms with van der Waals surface area (Å²) in [7, 11) is 4.61. The van der Waals surface area contributed by atoms with Crippen molar-refractivity contribution >= 4 is 34.9 Å². The molecule has 2 aliphatic rings. The minimum atomic E-state index is -0.483. The minimum absolute atomic E-state index is 0.0457. The lowest BCUT2D eigenvalue weighted by molar-refractivity contribution is -0.119. The molecule has 0 unspecified atom stereocenters. The van der Waals surface area contributed by atoms with E-state index in [1.165, 1.54) is 14.2 Å². The average Bonchev–Trinajstić information content (AvgIpc) is 2.83. The number of benzene rings is 1. The van der Waals surface area contributed by atoms with Crippen LogP contribution in [0.15, 0.2) is 30.3 Å². The zero-order valence-corrected chi connectivity index (χ0v) is 18.8. The molecule has 2 aromatic rings. The molecule has 2 aliphatic heterocycles. The number of nitrogens with zero attached hydrogens (tertiary/aromatic N) is 3. The molecule has 1 saturated heterocycles. The summed E-state index contributed by atoms with van der Waals surface area (Å²) in [6.45, 7) is 3.27. The van der Waals surface area contributed by atoms with E-state index in [0.717, 1.165) is 24.3 Å². The first kappa shape index (κ1) is 21.9. The molecule has 3 heterocycles. The van der Waals surface area contributed by atoms with Gasteiger partial charge in [-0.1, -0.05) is 0 Å². The van der Waals surface area contributed by atoms with Crippen LogP contribution in [0.5, 0.6) is 5.75 Å². The van der Waals surface area contributed by atoms with Crippen LogP contribution in [0.4, 0.5) is 23.0 Å². The number of hydrogen-bond acceptors (Lipinski definition) is 8. The molecule has 9 heteroatoms. The molecule has 1 amide bonds. The number of carbonyl (C=O) groups is 2. The quantitative estimate of drug-likeness (QED) is 0.710. The Labute approximate surface area is 187 Å². The minimum Gasteiger partial charge on any atom is -0.496 e. The van der Waals surface area contributed by atoms with Gasteiger partial charge in [0.05, 0.1) is 19.9 Å². The van der Waals surface area contributed by atoms with Crippen LogP contribution in [0.25, 0.3) is 0 Å². The Kier molecular flexibility index (Phi) is 6.18. The summed E-state index contributed by atoms with van der Waals surface area (Å²) in [6, 6.07) is 8.76. The summed E-state index contributed by atoms with van der Waals surface area (Å²) < 4.78 is 15.6. The fourth-order valence-electron chi connectivity index (χ4n) is 4.32. The van der Waals surface area contributed by atoms with Gasteiger partial charge in [0.1, 0.15) is 23.2 Å². The largest absolute Gasteiger partial charge is 0.496 e. The van der Waals surface area contributed by atoms with Gasteiger partial charge in [-0.15, -0.1) is 0 Å². The van der Waals surface area contributed by atoms with Crippen molar-refractivity contribution < 1.29 is 23.8 Å². The molecule has 4 rings (SSSR count). The Balaban J connectivity index is 1.69. The lowest BCUT2D eigenvalue weighted by Crippen LogP contribution is -2.56. The lowest BCUT2D eigenvalue weighted by Gasteiger charge is -2.44. The number of amides is 1. The van der Waals surface area contributed by atoms with Crippen molar-refractivity contribution in [1.82, 2.24) is 4.98 Å². The van der Waals surface area contributed by atoms with E-state index in [2.05, 4.69) is 10.2 Å². The van der Waals surface area contributed by atoms with Gasteiger partial charge < -0.3 is 29.3 Å². The highest BCUT2D eigenvalue weighted by Crippen LogP contribution is 2.38. The maximum Gasteiger partial charge on any atom is 0.341 e. The van der Waals surface area contributed by atoms with Crippen molar-refractivity contribution in [3.8, 4) is 5.75 Å². The van der Waals surface area contributed by atoms with Gasteiger partial charge in [-0.25, -0.2) is 9.78 Å². The number of pyridine rings is 1. The van der Waals surface area contributed by atoms with Crippen molar-refractivity contribution in [3.63, 3.8) is 0 Å². The number of likely N-dealkylation sites (N-methyl/N-ethyl adjacent to an activating group) is 1. The number of hydrogen-bond donors (Lipinski definition) is 1. The van der Waals surface area contributed by atoms with Gasteiger partial charge in [-0.2, -0.15) is 0 Å². The van der Waals surface area contributed by atoms with Gasteiger partial charge in [0.25, 0.3) is 0 Å². The zero-order chi connectivity index (χ0) is 22.8. The topological polar surface area (TPSA) is 93.2 Å². The number of fused-ring (bicyclic) bond motifs is 1. The number of carbonyl (C=O) groups excluding carboxylic acids is 2. The predicted molar refractivity (Wildman–Crippen MR) is 121 cm³/mol. The standard InChI is InChI=1S/C23H28N4O5/c1-14-22(28)26(2)18-6-8-20(25-21(18)27(14)16-9-11-32-12-10-16)24-15-5-7-19(30-3)17(13-15)23(29)31-4/h5-8,13-14,16H,9-12H2,1-4H3,(H,24,25)/t14-/m1/s1. The third kappa shape index (κ3) is 3.95. The second-order valence-electron chi connectivity index (χ2n) is 7.89. The smallest absolute Gasteiger partial charge is 0.341 e. The normalized spacial score (nSPS) is 18.9. The van der Waals surface area contributed by atoms with Crippen LogP contribution < -0.4 is 19.9 Å². The van der Waals surface area contributed by atoms with Crippen LogP contribution >= 0.6 is 0 Å². The van der Waals surface area contributed by atoms with Crippen molar-refractivity contribution in [1.29, 1.82) is 0 Å². The number of rotatable bonds is 5. The van der Waals surface area contributed by atoms with Crippen molar-refractivity contribution in [2.75, 3.05) is 49.6 Å². The Morgan fingerprint density at radius 1 is 1.19 bits per heavy atom. The maximum atomic E-state index is 12.9. The van der Waals surface area contributed by atoms with Gasteiger partial charge >= 0.3 is 5.97 Å². The van der Waals surface area contributed by atoms with E-state index in [4.69, 9.17) is 19.2 Å². The molecule has 1 aromatic carbocycles. The monoisotopic (exact) mass is 440 g/mol. The summed E-state index contributed by atoms with van der Waals surface area (Å²) in [5.41, 5.74) is 1.76. The lowest BCUT2D eigenvalue weighted by atomic mass is 10.0. The van der Waals surface area contributed by atoms with E-state index in [1.54, 1.807) is 30.1 Å². The van der Waals surface area contributed by atoms with Gasteiger partial charge in [0.2, 0.25) is 5.91 Å². The fraction of sp³-hybridized carbons (Fsp3) is 0.435. The van der Waals surface area contributed by atoms with Crippen molar-refractivity contribution in [2.24, 2.45) is 0 Å². The Hall–Kier alpha value is -3.33. The second-order valence-corrected chi connectivity index (χ2v) is 7.89. The maximum absolute atomic E-state index is 12.9. The Morgan fingerprint density at radius 3 is 2.62 bits per heavy atom. The second kappa shape index (κ2) is 9.04. The number of nitrogens with one attached hydrogen (secondary N) is 1. The number of esters is 1. The molecular formula is C23H28N4O5. The average molecular weight is 441 g/mol. The third-order valence-corrected chi connectivity index (χ3v) is 6.03. The molecule has 0 radical (unpaired) electrons. The van der Waals surface area contributed by atoms with Crippen LogP contribution in [0.3, 0.4) is 0 Å². The summed E-state index contributed by atoms with van der Waals surface area (Å²) in [6.07, 6.45) is 1.70. The molecule has 170 valence electrons.